The molecule has 1 saturated carbocycles. The number of hydrogen-bond donors (Lipinski definition) is 1. The van der Waals surface area contributed by atoms with E-state index in [9.17, 15) is 4.79 Å². The highest BCUT2D eigenvalue weighted by molar-refractivity contribution is 5.69. The summed E-state index contributed by atoms with van der Waals surface area (Å²) >= 11 is 0. The summed E-state index contributed by atoms with van der Waals surface area (Å²) in [6.07, 6.45) is 7.29. The average molecular weight is 296 g/mol. The number of piperidine rings is 1. The van der Waals surface area contributed by atoms with Crippen molar-refractivity contribution in [3.63, 3.8) is 0 Å². The molecular weight excluding hydrogens is 264 g/mol. The van der Waals surface area contributed by atoms with Gasteiger partial charge in [-0.05, 0) is 51.1 Å². The highest BCUT2D eigenvalue weighted by Gasteiger charge is 2.28. The largest absolute Gasteiger partial charge is 0.466 e. The van der Waals surface area contributed by atoms with E-state index in [1.807, 2.05) is 6.92 Å². The Morgan fingerprint density at radius 3 is 2.62 bits per heavy atom. The van der Waals surface area contributed by atoms with Crippen LogP contribution in [0, 0.1) is 11.8 Å². The van der Waals surface area contributed by atoms with Crippen molar-refractivity contribution in [2.75, 3.05) is 32.8 Å². The second-order valence-corrected chi connectivity index (χ2v) is 6.72. The fourth-order valence-corrected chi connectivity index (χ4v) is 3.86. The van der Waals surface area contributed by atoms with Crippen LogP contribution in [-0.4, -0.2) is 49.7 Å². The summed E-state index contributed by atoms with van der Waals surface area (Å²) in [5.74, 6) is 1.29. The zero-order valence-corrected chi connectivity index (χ0v) is 13.8. The molecular formula is C17H32N2O2. The third-order valence-corrected chi connectivity index (χ3v) is 4.99. The van der Waals surface area contributed by atoms with E-state index in [1.165, 1.54) is 25.7 Å². The molecule has 1 N–H and O–H groups in total. The Morgan fingerprint density at radius 1 is 1.19 bits per heavy atom. The van der Waals surface area contributed by atoms with Gasteiger partial charge in [-0.15, -0.1) is 0 Å². The molecule has 2 aliphatic rings. The minimum absolute atomic E-state index is 0.0324. The molecule has 1 aliphatic carbocycles. The first-order valence-electron chi connectivity index (χ1n) is 8.82. The predicted octanol–water partition coefficient (Wildman–Crippen LogP) is 2.43. The minimum Gasteiger partial charge on any atom is -0.466 e. The van der Waals surface area contributed by atoms with E-state index in [4.69, 9.17) is 4.74 Å². The number of esters is 1. The second-order valence-electron chi connectivity index (χ2n) is 6.72. The van der Waals surface area contributed by atoms with Crippen molar-refractivity contribution >= 4 is 5.97 Å². The molecule has 0 aromatic rings. The molecule has 21 heavy (non-hydrogen) atoms. The van der Waals surface area contributed by atoms with Crippen LogP contribution in [0.25, 0.3) is 0 Å². The van der Waals surface area contributed by atoms with Crippen molar-refractivity contribution in [1.29, 1.82) is 0 Å². The third kappa shape index (κ3) is 5.59. The Labute approximate surface area is 129 Å². The summed E-state index contributed by atoms with van der Waals surface area (Å²) in [6, 6.07) is 0.540. The molecule has 2 unspecified atom stereocenters. The summed E-state index contributed by atoms with van der Waals surface area (Å²) in [5, 5.41) is 3.77. The molecule has 4 nitrogen and oxygen atoms in total. The Bertz CT molecular complexity index is 316. The number of ether oxygens (including phenoxy) is 1. The molecule has 122 valence electrons. The SMILES string of the molecule is CCOC(=O)CC1CC(NCC2CCCC2)CN(CC)C1. The number of likely N-dealkylation sites (tertiary alicyclic amines) is 1. The van der Waals surface area contributed by atoms with Crippen LogP contribution in [0.1, 0.15) is 52.4 Å². The van der Waals surface area contributed by atoms with Crippen molar-refractivity contribution in [3.05, 3.63) is 0 Å². The van der Waals surface area contributed by atoms with Gasteiger partial charge in [-0.2, -0.15) is 0 Å². The number of nitrogens with zero attached hydrogens (tertiary/aromatic N) is 1. The van der Waals surface area contributed by atoms with Crippen molar-refractivity contribution in [1.82, 2.24) is 10.2 Å². The molecule has 0 amide bonds. The first-order valence-corrected chi connectivity index (χ1v) is 8.82. The van der Waals surface area contributed by atoms with Gasteiger partial charge in [0.1, 0.15) is 0 Å². The highest BCUT2D eigenvalue weighted by atomic mass is 16.5. The number of carbonyl (C=O) groups excluding carboxylic acids is 1. The molecule has 2 rings (SSSR count). The Morgan fingerprint density at radius 2 is 1.95 bits per heavy atom. The first kappa shape index (κ1) is 16.8. The predicted molar refractivity (Wildman–Crippen MR) is 85.2 cm³/mol. The molecule has 0 aromatic heterocycles. The molecule has 2 fully saturated rings. The van der Waals surface area contributed by atoms with Gasteiger partial charge in [-0.1, -0.05) is 19.8 Å². The average Bonchev–Trinajstić information content (AvgIpc) is 2.98. The van der Waals surface area contributed by atoms with Crippen LogP contribution in [0.5, 0.6) is 0 Å². The van der Waals surface area contributed by atoms with E-state index in [0.29, 0.717) is 25.0 Å². The topological polar surface area (TPSA) is 41.6 Å². The summed E-state index contributed by atoms with van der Waals surface area (Å²) < 4.78 is 5.11. The molecule has 2 atom stereocenters. The van der Waals surface area contributed by atoms with Gasteiger partial charge in [0.25, 0.3) is 0 Å². The zero-order chi connectivity index (χ0) is 15.1. The van der Waals surface area contributed by atoms with E-state index >= 15 is 0 Å². The van der Waals surface area contributed by atoms with E-state index in [2.05, 4.69) is 17.1 Å². The van der Waals surface area contributed by atoms with Gasteiger partial charge in [0, 0.05) is 25.6 Å². The van der Waals surface area contributed by atoms with Gasteiger partial charge in [0.05, 0.1) is 6.61 Å². The fourth-order valence-electron chi connectivity index (χ4n) is 3.86. The lowest BCUT2D eigenvalue weighted by molar-refractivity contribution is -0.144. The fraction of sp³-hybridized carbons (Fsp3) is 0.941. The van der Waals surface area contributed by atoms with Gasteiger partial charge < -0.3 is 15.0 Å². The molecule has 1 saturated heterocycles. The van der Waals surface area contributed by atoms with Crippen molar-refractivity contribution < 1.29 is 9.53 Å². The molecule has 1 aliphatic heterocycles. The Hall–Kier alpha value is -0.610. The van der Waals surface area contributed by atoms with Gasteiger partial charge in [-0.25, -0.2) is 0 Å². The molecule has 0 radical (unpaired) electrons. The molecule has 0 spiro atoms. The molecule has 0 aromatic carbocycles. The number of nitrogens with one attached hydrogen (secondary N) is 1. The Kier molecular flexibility index (Phi) is 6.97. The number of rotatable bonds is 7. The number of hydrogen-bond acceptors (Lipinski definition) is 4. The van der Waals surface area contributed by atoms with E-state index in [0.717, 1.165) is 38.5 Å². The smallest absolute Gasteiger partial charge is 0.306 e. The summed E-state index contributed by atoms with van der Waals surface area (Å²) in [7, 11) is 0. The zero-order valence-electron chi connectivity index (χ0n) is 13.8. The number of likely N-dealkylation sites (N-methyl/N-ethyl adjacent to an activating group) is 1. The summed E-state index contributed by atoms with van der Waals surface area (Å²) in [5.41, 5.74) is 0. The van der Waals surface area contributed by atoms with Crippen molar-refractivity contribution in [2.24, 2.45) is 11.8 Å². The highest BCUT2D eigenvalue weighted by Crippen LogP contribution is 2.25. The maximum Gasteiger partial charge on any atom is 0.306 e. The van der Waals surface area contributed by atoms with Crippen LogP contribution in [0.2, 0.25) is 0 Å². The number of carbonyl (C=O) groups is 1. The maximum absolute atomic E-state index is 11.7. The van der Waals surface area contributed by atoms with Crippen molar-refractivity contribution in [3.8, 4) is 0 Å². The van der Waals surface area contributed by atoms with Gasteiger partial charge in [0.15, 0.2) is 0 Å². The lowest BCUT2D eigenvalue weighted by Crippen LogP contribution is -2.50. The quantitative estimate of drug-likeness (QED) is 0.733. The van der Waals surface area contributed by atoms with Gasteiger partial charge in [-0.3, -0.25) is 4.79 Å². The van der Waals surface area contributed by atoms with Gasteiger partial charge >= 0.3 is 5.97 Å². The van der Waals surface area contributed by atoms with Crippen LogP contribution in [0.15, 0.2) is 0 Å². The first-order chi connectivity index (χ1) is 10.2. The summed E-state index contributed by atoms with van der Waals surface area (Å²) in [4.78, 5) is 14.2. The van der Waals surface area contributed by atoms with E-state index in [-0.39, 0.29) is 5.97 Å². The van der Waals surface area contributed by atoms with E-state index < -0.39 is 0 Å². The molecule has 1 heterocycles. The van der Waals surface area contributed by atoms with E-state index in [1.54, 1.807) is 0 Å². The molecule has 4 heteroatoms. The monoisotopic (exact) mass is 296 g/mol. The standard InChI is InChI=1S/C17H32N2O2/c1-3-19-12-15(10-17(20)21-4-2)9-16(13-19)18-11-14-7-5-6-8-14/h14-16,18H,3-13H2,1-2H3. The van der Waals surface area contributed by atoms with Crippen LogP contribution < -0.4 is 5.32 Å². The molecule has 0 bridgehead atoms. The lowest BCUT2D eigenvalue weighted by atomic mass is 9.91. The lowest BCUT2D eigenvalue weighted by Gasteiger charge is -2.37. The van der Waals surface area contributed by atoms with Crippen LogP contribution in [0.4, 0.5) is 0 Å². The van der Waals surface area contributed by atoms with Crippen LogP contribution >= 0.6 is 0 Å². The third-order valence-electron chi connectivity index (χ3n) is 4.99. The summed E-state index contributed by atoms with van der Waals surface area (Å²) in [6.45, 7) is 8.98. The van der Waals surface area contributed by atoms with Crippen molar-refractivity contribution in [2.45, 2.75) is 58.4 Å². The van der Waals surface area contributed by atoms with Crippen LogP contribution in [0.3, 0.4) is 0 Å². The van der Waals surface area contributed by atoms with Gasteiger partial charge in [0.2, 0.25) is 0 Å². The minimum atomic E-state index is -0.0324. The van der Waals surface area contributed by atoms with Crippen LogP contribution in [-0.2, 0) is 9.53 Å². The normalized spacial score (nSPS) is 27.9. The second kappa shape index (κ2) is 8.74. The Balaban J connectivity index is 1.78. The maximum atomic E-state index is 11.7.